The van der Waals surface area contributed by atoms with Crippen LogP contribution in [0.25, 0.3) is 6.08 Å². The Morgan fingerprint density at radius 1 is 1.33 bits per heavy atom. The number of nitrogens with zero attached hydrogens (tertiary/aromatic N) is 1. The van der Waals surface area contributed by atoms with Crippen LogP contribution in [0, 0.1) is 0 Å². The highest BCUT2D eigenvalue weighted by Gasteiger charge is 2.02. The van der Waals surface area contributed by atoms with Crippen molar-refractivity contribution >= 4 is 17.8 Å². The zero-order valence-corrected chi connectivity index (χ0v) is 12.2. The molecule has 0 fully saturated rings. The summed E-state index contributed by atoms with van der Waals surface area (Å²) in [5.74, 6) is 1.15. The predicted molar refractivity (Wildman–Crippen MR) is 83.2 cm³/mol. The number of carbonyl (C=O) groups excluding carboxylic acids is 1. The molecule has 5 heteroatoms. The Morgan fingerprint density at radius 2 is 2.10 bits per heavy atom. The number of nitrogens with one attached hydrogen (secondary N) is 2. The summed E-state index contributed by atoms with van der Waals surface area (Å²) in [5.41, 5.74) is 1.92. The van der Waals surface area contributed by atoms with E-state index in [1.54, 1.807) is 6.08 Å². The molecule has 0 atom stereocenters. The van der Waals surface area contributed by atoms with E-state index in [2.05, 4.69) is 15.5 Å². The molecule has 1 amide bonds. The maximum atomic E-state index is 11.8. The number of aromatic nitrogens is 2. The largest absolute Gasteiger partial charge is 0.494 e. The van der Waals surface area contributed by atoms with Crippen LogP contribution in [0.4, 0.5) is 5.82 Å². The molecule has 1 aromatic heterocycles. The van der Waals surface area contributed by atoms with Gasteiger partial charge in [0.25, 0.3) is 0 Å². The molecular formula is C16H19N3O2. The Hall–Kier alpha value is -2.56. The summed E-state index contributed by atoms with van der Waals surface area (Å²) >= 11 is 0. The molecule has 0 saturated heterocycles. The van der Waals surface area contributed by atoms with E-state index in [9.17, 15) is 4.79 Å². The van der Waals surface area contributed by atoms with E-state index >= 15 is 0 Å². The molecule has 1 aromatic carbocycles. The highest BCUT2D eigenvalue weighted by atomic mass is 16.5. The number of hydrogen-bond acceptors (Lipinski definition) is 3. The predicted octanol–water partition coefficient (Wildman–Crippen LogP) is 3.02. The first kappa shape index (κ1) is 14.8. The maximum Gasteiger partial charge on any atom is 0.249 e. The third-order valence-corrected chi connectivity index (χ3v) is 2.88. The summed E-state index contributed by atoms with van der Waals surface area (Å²) in [6, 6.07) is 9.38. The number of anilines is 1. The molecule has 0 saturated carbocycles. The van der Waals surface area contributed by atoms with Gasteiger partial charge in [0, 0.05) is 17.8 Å². The van der Waals surface area contributed by atoms with Gasteiger partial charge in [-0.25, -0.2) is 0 Å². The molecule has 110 valence electrons. The van der Waals surface area contributed by atoms with Crippen molar-refractivity contribution in [1.29, 1.82) is 0 Å². The van der Waals surface area contributed by atoms with Crippen LogP contribution in [0.3, 0.4) is 0 Å². The smallest absolute Gasteiger partial charge is 0.249 e. The lowest BCUT2D eigenvalue weighted by Crippen LogP contribution is -2.07. The molecule has 0 bridgehead atoms. The first-order valence-corrected chi connectivity index (χ1v) is 6.97. The van der Waals surface area contributed by atoms with Crippen molar-refractivity contribution in [2.75, 3.05) is 11.9 Å². The van der Waals surface area contributed by atoms with Gasteiger partial charge in [-0.2, -0.15) is 5.10 Å². The Kier molecular flexibility index (Phi) is 5.15. The van der Waals surface area contributed by atoms with Crippen molar-refractivity contribution in [2.45, 2.75) is 20.3 Å². The zero-order valence-electron chi connectivity index (χ0n) is 12.2. The van der Waals surface area contributed by atoms with Gasteiger partial charge in [0.2, 0.25) is 5.91 Å². The van der Waals surface area contributed by atoms with Crippen LogP contribution in [0.5, 0.6) is 5.75 Å². The Labute approximate surface area is 124 Å². The average Bonchev–Trinajstić information content (AvgIpc) is 2.94. The second-order valence-corrected chi connectivity index (χ2v) is 4.46. The lowest BCUT2D eigenvalue weighted by Gasteiger charge is -2.02. The minimum absolute atomic E-state index is 0.210. The van der Waals surface area contributed by atoms with Crippen LogP contribution in [0.2, 0.25) is 0 Å². The topological polar surface area (TPSA) is 67.0 Å². The standard InChI is InChI=1S/C16H19N3O2/c1-3-13-11-15(19-18-13)17-16(20)10-7-12-5-8-14(9-6-12)21-4-2/h5-11H,3-4H2,1-2H3,(H2,17,18,19,20)/b10-7+. The van der Waals surface area contributed by atoms with Gasteiger partial charge >= 0.3 is 0 Å². The monoisotopic (exact) mass is 285 g/mol. The molecular weight excluding hydrogens is 266 g/mol. The Bertz CT molecular complexity index is 615. The minimum Gasteiger partial charge on any atom is -0.494 e. The van der Waals surface area contributed by atoms with E-state index in [1.165, 1.54) is 6.08 Å². The van der Waals surface area contributed by atoms with E-state index in [0.717, 1.165) is 23.4 Å². The molecule has 21 heavy (non-hydrogen) atoms. The first-order valence-electron chi connectivity index (χ1n) is 6.97. The number of rotatable bonds is 6. The Balaban J connectivity index is 1.91. The van der Waals surface area contributed by atoms with Crippen molar-refractivity contribution in [3.05, 3.63) is 47.7 Å². The van der Waals surface area contributed by atoms with Crippen molar-refractivity contribution in [3.8, 4) is 5.75 Å². The number of carbonyl (C=O) groups is 1. The van der Waals surface area contributed by atoms with Crippen molar-refractivity contribution in [3.63, 3.8) is 0 Å². The molecule has 0 radical (unpaired) electrons. The van der Waals surface area contributed by atoms with E-state index in [1.807, 2.05) is 44.2 Å². The third-order valence-electron chi connectivity index (χ3n) is 2.88. The van der Waals surface area contributed by atoms with Gasteiger partial charge in [-0.3, -0.25) is 9.89 Å². The molecule has 2 aromatic rings. The maximum absolute atomic E-state index is 11.8. The number of aryl methyl sites for hydroxylation is 1. The van der Waals surface area contributed by atoms with Gasteiger partial charge in [0.1, 0.15) is 5.75 Å². The van der Waals surface area contributed by atoms with Crippen LogP contribution < -0.4 is 10.1 Å². The summed E-state index contributed by atoms with van der Waals surface area (Å²) in [4.78, 5) is 11.8. The van der Waals surface area contributed by atoms with Gasteiger partial charge < -0.3 is 10.1 Å². The van der Waals surface area contributed by atoms with Crippen LogP contribution in [0.1, 0.15) is 25.1 Å². The first-order chi connectivity index (χ1) is 10.2. The van der Waals surface area contributed by atoms with Crippen LogP contribution in [0.15, 0.2) is 36.4 Å². The van der Waals surface area contributed by atoms with Crippen LogP contribution in [-0.2, 0) is 11.2 Å². The molecule has 0 aliphatic carbocycles. The molecule has 0 aliphatic heterocycles. The number of ether oxygens (including phenoxy) is 1. The average molecular weight is 285 g/mol. The van der Waals surface area contributed by atoms with Gasteiger partial charge in [-0.15, -0.1) is 0 Å². The van der Waals surface area contributed by atoms with E-state index in [4.69, 9.17) is 4.74 Å². The molecule has 0 unspecified atom stereocenters. The highest BCUT2D eigenvalue weighted by molar-refractivity contribution is 6.01. The summed E-state index contributed by atoms with van der Waals surface area (Å²) in [6.45, 7) is 4.60. The quantitative estimate of drug-likeness (QED) is 0.802. The normalized spacial score (nSPS) is 10.8. The number of aromatic amines is 1. The summed E-state index contributed by atoms with van der Waals surface area (Å²) in [7, 11) is 0. The highest BCUT2D eigenvalue weighted by Crippen LogP contribution is 2.13. The second kappa shape index (κ2) is 7.28. The third kappa shape index (κ3) is 4.49. The fourth-order valence-corrected chi connectivity index (χ4v) is 1.79. The van der Waals surface area contributed by atoms with Crippen molar-refractivity contribution < 1.29 is 9.53 Å². The molecule has 2 N–H and O–H groups in total. The zero-order chi connectivity index (χ0) is 15.1. The molecule has 0 aliphatic rings. The second-order valence-electron chi connectivity index (χ2n) is 4.46. The van der Waals surface area contributed by atoms with Gasteiger partial charge in [0.05, 0.1) is 6.61 Å². The van der Waals surface area contributed by atoms with Crippen molar-refractivity contribution in [1.82, 2.24) is 10.2 Å². The number of amides is 1. The van der Waals surface area contributed by atoms with Crippen LogP contribution >= 0.6 is 0 Å². The van der Waals surface area contributed by atoms with E-state index < -0.39 is 0 Å². The number of H-pyrrole nitrogens is 1. The van der Waals surface area contributed by atoms with E-state index in [-0.39, 0.29) is 5.91 Å². The van der Waals surface area contributed by atoms with Gasteiger partial charge in [-0.1, -0.05) is 19.1 Å². The van der Waals surface area contributed by atoms with Gasteiger partial charge in [-0.05, 0) is 37.1 Å². The molecule has 0 spiro atoms. The summed E-state index contributed by atoms with van der Waals surface area (Å²) in [6.07, 6.45) is 4.08. The van der Waals surface area contributed by atoms with Gasteiger partial charge in [0.15, 0.2) is 5.82 Å². The lowest BCUT2D eigenvalue weighted by molar-refractivity contribution is -0.111. The SMILES string of the molecule is CCOc1ccc(/C=C/C(=O)Nc2cc(CC)[nH]n2)cc1. The summed E-state index contributed by atoms with van der Waals surface area (Å²) < 4.78 is 5.36. The minimum atomic E-state index is -0.210. The van der Waals surface area contributed by atoms with Crippen molar-refractivity contribution in [2.24, 2.45) is 0 Å². The molecule has 2 rings (SSSR count). The van der Waals surface area contributed by atoms with Crippen LogP contribution in [-0.4, -0.2) is 22.7 Å². The Morgan fingerprint density at radius 3 is 2.71 bits per heavy atom. The summed E-state index contributed by atoms with van der Waals surface area (Å²) in [5, 5.41) is 9.56. The van der Waals surface area contributed by atoms with E-state index in [0.29, 0.717) is 12.4 Å². The fourth-order valence-electron chi connectivity index (χ4n) is 1.79. The molecule has 5 nitrogen and oxygen atoms in total. The molecule has 1 heterocycles. The fraction of sp³-hybridized carbons (Fsp3) is 0.250. The number of hydrogen-bond donors (Lipinski definition) is 2. The lowest BCUT2D eigenvalue weighted by atomic mass is 10.2. The number of benzene rings is 1.